The van der Waals surface area contributed by atoms with Crippen LogP contribution in [0.15, 0.2) is 0 Å². The predicted molar refractivity (Wildman–Crippen MR) is 123 cm³/mol. The number of aryl methyl sites for hydroxylation is 1. The van der Waals surface area contributed by atoms with Gasteiger partial charge in [0.15, 0.2) is 0 Å². The fourth-order valence-electron chi connectivity index (χ4n) is 6.08. The summed E-state index contributed by atoms with van der Waals surface area (Å²) in [6.45, 7) is 5.96. The number of likely N-dealkylation sites (tertiary alicyclic amines) is 2. The van der Waals surface area contributed by atoms with Crippen molar-refractivity contribution in [3.8, 4) is 0 Å². The highest BCUT2D eigenvalue weighted by Gasteiger charge is 2.36. The molecule has 4 aliphatic rings. The summed E-state index contributed by atoms with van der Waals surface area (Å²) in [5.41, 5.74) is 1.94. The first-order chi connectivity index (χ1) is 15.6. The molecule has 4 heterocycles. The Bertz CT molecular complexity index is 860. The number of fused-ring (bicyclic) bond motifs is 1. The Hall–Kier alpha value is -2.02. The fourth-order valence-corrected chi connectivity index (χ4v) is 6.08. The standard InChI is InChI=1S/C25H37N5O2/c1-18-20-15-22(31)30(16-19-9-3-2-4-10-19)25(20)27-24(26-18)21-11-5-6-14-29(21)17-23(32)28-12-7-8-13-28/h19,21H,2-17H2,1H3/t21-/m1/s1. The maximum atomic E-state index is 12.9. The molecule has 0 bridgehead atoms. The van der Waals surface area contributed by atoms with Crippen LogP contribution in [0.3, 0.4) is 0 Å². The lowest BCUT2D eigenvalue weighted by Crippen LogP contribution is -2.43. The second-order valence-electron chi connectivity index (χ2n) is 10.2. The van der Waals surface area contributed by atoms with E-state index < -0.39 is 0 Å². The van der Waals surface area contributed by atoms with Crippen LogP contribution in [0.4, 0.5) is 5.82 Å². The van der Waals surface area contributed by atoms with E-state index in [0.717, 1.165) is 81.2 Å². The first-order valence-corrected chi connectivity index (χ1v) is 12.8. The van der Waals surface area contributed by atoms with Crippen LogP contribution in [0, 0.1) is 12.8 Å². The smallest absolute Gasteiger partial charge is 0.236 e. The first kappa shape index (κ1) is 21.8. The zero-order valence-corrected chi connectivity index (χ0v) is 19.5. The van der Waals surface area contributed by atoms with Crippen LogP contribution in [-0.4, -0.2) is 64.3 Å². The maximum absolute atomic E-state index is 12.9. The van der Waals surface area contributed by atoms with Crippen molar-refractivity contribution in [3.63, 3.8) is 0 Å². The van der Waals surface area contributed by atoms with Crippen LogP contribution < -0.4 is 4.90 Å². The number of nitrogens with zero attached hydrogens (tertiary/aromatic N) is 5. The van der Waals surface area contributed by atoms with E-state index in [-0.39, 0.29) is 17.9 Å². The molecule has 0 N–H and O–H groups in total. The number of amides is 2. The maximum Gasteiger partial charge on any atom is 0.236 e. The van der Waals surface area contributed by atoms with Gasteiger partial charge < -0.3 is 4.90 Å². The van der Waals surface area contributed by atoms with E-state index in [1.54, 1.807) is 0 Å². The monoisotopic (exact) mass is 439 g/mol. The molecular weight excluding hydrogens is 402 g/mol. The van der Waals surface area contributed by atoms with Crippen molar-refractivity contribution < 1.29 is 9.59 Å². The molecule has 0 aromatic carbocycles. The third-order valence-electron chi connectivity index (χ3n) is 7.97. The van der Waals surface area contributed by atoms with E-state index in [2.05, 4.69) is 4.90 Å². The minimum absolute atomic E-state index is 0.0616. The highest BCUT2D eigenvalue weighted by atomic mass is 16.2. The van der Waals surface area contributed by atoms with Crippen LogP contribution in [0.1, 0.15) is 87.3 Å². The van der Waals surface area contributed by atoms with Gasteiger partial charge in [-0.2, -0.15) is 0 Å². The minimum Gasteiger partial charge on any atom is -0.342 e. The van der Waals surface area contributed by atoms with Gasteiger partial charge in [0.05, 0.1) is 19.0 Å². The van der Waals surface area contributed by atoms with Crippen LogP contribution in [-0.2, 0) is 16.0 Å². The molecule has 1 aliphatic carbocycles. The quantitative estimate of drug-likeness (QED) is 0.703. The Morgan fingerprint density at radius 2 is 1.66 bits per heavy atom. The third kappa shape index (κ3) is 4.41. The lowest BCUT2D eigenvalue weighted by atomic mass is 9.89. The van der Waals surface area contributed by atoms with Gasteiger partial charge >= 0.3 is 0 Å². The molecule has 174 valence electrons. The molecule has 1 aromatic heterocycles. The van der Waals surface area contributed by atoms with Gasteiger partial charge in [0.25, 0.3) is 0 Å². The molecule has 1 atom stereocenters. The van der Waals surface area contributed by atoms with Crippen LogP contribution in [0.5, 0.6) is 0 Å². The van der Waals surface area contributed by atoms with Gasteiger partial charge in [-0.1, -0.05) is 25.7 Å². The van der Waals surface area contributed by atoms with Gasteiger partial charge in [-0.15, -0.1) is 0 Å². The lowest BCUT2D eigenvalue weighted by molar-refractivity contribution is -0.132. The Balaban J connectivity index is 1.37. The first-order valence-electron chi connectivity index (χ1n) is 12.8. The van der Waals surface area contributed by atoms with Crippen molar-refractivity contribution in [1.29, 1.82) is 0 Å². The molecule has 32 heavy (non-hydrogen) atoms. The normalized spacial score (nSPS) is 24.9. The van der Waals surface area contributed by atoms with Gasteiger partial charge in [0, 0.05) is 30.9 Å². The topological polar surface area (TPSA) is 69.6 Å². The van der Waals surface area contributed by atoms with Crippen molar-refractivity contribution in [2.45, 2.75) is 83.6 Å². The summed E-state index contributed by atoms with van der Waals surface area (Å²) in [5, 5.41) is 0. The molecule has 1 saturated carbocycles. The Kier molecular flexibility index (Phi) is 6.44. The average molecular weight is 440 g/mol. The molecule has 0 unspecified atom stereocenters. The Morgan fingerprint density at radius 1 is 0.938 bits per heavy atom. The second-order valence-corrected chi connectivity index (χ2v) is 10.2. The molecule has 3 aliphatic heterocycles. The van der Waals surface area contributed by atoms with E-state index >= 15 is 0 Å². The van der Waals surface area contributed by atoms with Crippen LogP contribution >= 0.6 is 0 Å². The molecule has 3 fully saturated rings. The van der Waals surface area contributed by atoms with Crippen LogP contribution in [0.25, 0.3) is 0 Å². The summed E-state index contributed by atoms with van der Waals surface area (Å²) in [5.74, 6) is 2.64. The van der Waals surface area contributed by atoms with E-state index in [9.17, 15) is 9.59 Å². The largest absolute Gasteiger partial charge is 0.342 e. The second kappa shape index (κ2) is 9.46. The number of rotatable bonds is 5. The van der Waals surface area contributed by atoms with Crippen molar-refractivity contribution in [2.24, 2.45) is 5.92 Å². The number of anilines is 1. The van der Waals surface area contributed by atoms with E-state index in [0.29, 0.717) is 18.9 Å². The van der Waals surface area contributed by atoms with Gasteiger partial charge in [-0.25, -0.2) is 9.97 Å². The Labute approximate surface area is 191 Å². The van der Waals surface area contributed by atoms with Gasteiger partial charge in [0.1, 0.15) is 11.6 Å². The van der Waals surface area contributed by atoms with E-state index in [4.69, 9.17) is 9.97 Å². The van der Waals surface area contributed by atoms with Crippen LogP contribution in [0.2, 0.25) is 0 Å². The average Bonchev–Trinajstić information content (AvgIpc) is 3.45. The molecule has 2 amide bonds. The highest BCUT2D eigenvalue weighted by molar-refractivity contribution is 6.00. The number of hydrogen-bond acceptors (Lipinski definition) is 5. The molecule has 7 nitrogen and oxygen atoms in total. The zero-order valence-electron chi connectivity index (χ0n) is 19.5. The van der Waals surface area contributed by atoms with Crippen molar-refractivity contribution in [3.05, 3.63) is 17.1 Å². The highest BCUT2D eigenvalue weighted by Crippen LogP contribution is 2.36. The van der Waals surface area contributed by atoms with Gasteiger partial charge in [0.2, 0.25) is 11.8 Å². The number of aromatic nitrogens is 2. The molecule has 7 heteroatoms. The zero-order chi connectivity index (χ0) is 22.1. The fraction of sp³-hybridized carbons (Fsp3) is 0.760. The number of hydrogen-bond donors (Lipinski definition) is 0. The summed E-state index contributed by atoms with van der Waals surface area (Å²) >= 11 is 0. The van der Waals surface area contributed by atoms with E-state index in [1.165, 1.54) is 32.1 Å². The molecule has 0 spiro atoms. The summed E-state index contributed by atoms with van der Waals surface area (Å²) in [4.78, 5) is 41.9. The molecule has 1 aromatic rings. The Morgan fingerprint density at radius 3 is 2.44 bits per heavy atom. The lowest BCUT2D eigenvalue weighted by Gasteiger charge is -2.35. The predicted octanol–water partition coefficient (Wildman–Crippen LogP) is 3.40. The van der Waals surface area contributed by atoms with Crippen molar-refractivity contribution >= 4 is 17.6 Å². The molecular formula is C25H37N5O2. The summed E-state index contributed by atoms with van der Waals surface area (Å²) in [7, 11) is 0. The summed E-state index contributed by atoms with van der Waals surface area (Å²) < 4.78 is 0. The van der Waals surface area contributed by atoms with Gasteiger partial charge in [-0.05, 0) is 57.9 Å². The summed E-state index contributed by atoms with van der Waals surface area (Å²) in [6.07, 6.45) is 12.2. The van der Waals surface area contributed by atoms with E-state index in [1.807, 2.05) is 16.7 Å². The minimum atomic E-state index is 0.0616. The number of carbonyl (C=O) groups is 2. The molecule has 5 rings (SSSR count). The van der Waals surface area contributed by atoms with Crippen molar-refractivity contribution in [2.75, 3.05) is 37.6 Å². The number of piperidine rings is 1. The van der Waals surface area contributed by atoms with Crippen molar-refractivity contribution in [1.82, 2.24) is 19.8 Å². The SMILES string of the molecule is Cc1nc([C@H]2CCCCN2CC(=O)N2CCCC2)nc2c1CC(=O)N2CC1CCCCC1. The molecule has 0 radical (unpaired) electrons. The molecule has 2 saturated heterocycles. The number of carbonyl (C=O) groups excluding carboxylic acids is 2. The van der Waals surface area contributed by atoms with Gasteiger partial charge in [-0.3, -0.25) is 19.4 Å². The third-order valence-corrected chi connectivity index (χ3v) is 7.97. The summed E-state index contributed by atoms with van der Waals surface area (Å²) in [6, 6.07) is 0.0616.